The number of para-hydroxylation sites is 1. The van der Waals surface area contributed by atoms with Crippen LogP contribution in [0.4, 0.5) is 10.9 Å². The van der Waals surface area contributed by atoms with Gasteiger partial charge in [0, 0.05) is 18.7 Å². The number of halogens is 2. The lowest BCUT2D eigenvalue weighted by Crippen LogP contribution is -2.32. The molecule has 2 aromatic heterocycles. The molecule has 0 fully saturated rings. The Balaban J connectivity index is 1.43. The van der Waals surface area contributed by atoms with Crippen LogP contribution in [-0.2, 0) is 13.0 Å². The fourth-order valence-corrected chi connectivity index (χ4v) is 4.89. The second-order valence-electron chi connectivity index (χ2n) is 7.00. The van der Waals surface area contributed by atoms with Crippen molar-refractivity contribution >= 4 is 65.9 Å². The molecule has 5 nitrogen and oxygen atoms in total. The maximum Gasteiger partial charge on any atom is 0.257 e. The molecule has 0 aliphatic carbocycles. The summed E-state index contributed by atoms with van der Waals surface area (Å²) in [6.45, 7) is 1.42. The average Bonchev–Trinajstić information content (AvgIpc) is 3.17. The molecule has 0 bridgehead atoms. The summed E-state index contributed by atoms with van der Waals surface area (Å²) in [6.07, 6.45) is 0.840. The zero-order valence-corrected chi connectivity index (χ0v) is 18.9. The lowest BCUT2D eigenvalue weighted by molar-refractivity contribution is 0.102. The summed E-state index contributed by atoms with van der Waals surface area (Å²) >= 11 is 11.0. The zero-order chi connectivity index (χ0) is 20.7. The standard InChI is InChI=1S/C22H16BrClN4OS/c23-16-8-9-19(26-20(16)24)28-11-10-13-4-3-5-14(15(13)12-28)21(29)27-22-25-17-6-1-2-7-18(17)30-22/h1-9H,10-12H2,(H,25,27,29). The van der Waals surface area contributed by atoms with Gasteiger partial charge in [-0.3, -0.25) is 10.1 Å². The summed E-state index contributed by atoms with van der Waals surface area (Å²) in [5.74, 6) is 0.657. The molecule has 5 rings (SSSR count). The molecule has 0 saturated carbocycles. The number of anilines is 2. The van der Waals surface area contributed by atoms with Gasteiger partial charge in [0.25, 0.3) is 5.91 Å². The molecule has 3 heterocycles. The number of nitrogens with zero attached hydrogens (tertiary/aromatic N) is 3. The van der Waals surface area contributed by atoms with Crippen LogP contribution >= 0.6 is 38.9 Å². The minimum atomic E-state index is -0.144. The number of thiazole rings is 1. The van der Waals surface area contributed by atoms with Gasteiger partial charge < -0.3 is 4.90 Å². The van der Waals surface area contributed by atoms with Crippen LogP contribution in [0.1, 0.15) is 21.5 Å². The molecule has 0 radical (unpaired) electrons. The van der Waals surface area contributed by atoms with Crippen LogP contribution in [0.2, 0.25) is 5.15 Å². The number of aromatic nitrogens is 2. The van der Waals surface area contributed by atoms with Crippen molar-refractivity contribution in [1.29, 1.82) is 0 Å². The number of rotatable bonds is 3. The second kappa shape index (κ2) is 7.98. The Hall–Kier alpha value is -2.48. The van der Waals surface area contributed by atoms with E-state index in [0.717, 1.165) is 39.0 Å². The van der Waals surface area contributed by atoms with Crippen molar-refractivity contribution in [3.63, 3.8) is 0 Å². The van der Waals surface area contributed by atoms with Gasteiger partial charge in [-0.1, -0.05) is 47.2 Å². The third-order valence-electron chi connectivity index (χ3n) is 5.14. The number of hydrogen-bond donors (Lipinski definition) is 1. The first-order chi connectivity index (χ1) is 14.6. The third kappa shape index (κ3) is 3.69. The van der Waals surface area contributed by atoms with E-state index in [-0.39, 0.29) is 5.91 Å². The van der Waals surface area contributed by atoms with Gasteiger partial charge in [-0.25, -0.2) is 9.97 Å². The van der Waals surface area contributed by atoms with Gasteiger partial charge in [0.2, 0.25) is 0 Å². The van der Waals surface area contributed by atoms with Gasteiger partial charge in [0.05, 0.1) is 14.7 Å². The summed E-state index contributed by atoms with van der Waals surface area (Å²) in [4.78, 5) is 24.2. The second-order valence-corrected chi connectivity index (χ2v) is 9.24. The molecule has 1 aliphatic rings. The Kier molecular flexibility index (Phi) is 5.18. The number of pyridine rings is 1. The Morgan fingerprint density at radius 1 is 1.10 bits per heavy atom. The summed E-state index contributed by atoms with van der Waals surface area (Å²) in [7, 11) is 0. The minimum Gasteiger partial charge on any atom is -0.352 e. The molecule has 30 heavy (non-hydrogen) atoms. The molecule has 150 valence electrons. The van der Waals surface area contributed by atoms with Crippen LogP contribution < -0.4 is 10.2 Å². The quantitative estimate of drug-likeness (QED) is 0.355. The Labute approximate surface area is 190 Å². The van der Waals surface area contributed by atoms with Crippen LogP contribution in [-0.4, -0.2) is 22.4 Å². The van der Waals surface area contributed by atoms with E-state index in [9.17, 15) is 4.79 Å². The zero-order valence-electron chi connectivity index (χ0n) is 15.7. The fourth-order valence-electron chi connectivity index (χ4n) is 3.66. The largest absolute Gasteiger partial charge is 0.352 e. The molecule has 1 amide bonds. The van der Waals surface area contributed by atoms with Crippen LogP contribution in [0.15, 0.2) is 59.1 Å². The van der Waals surface area contributed by atoms with Crippen molar-refractivity contribution in [3.8, 4) is 0 Å². The molecular formula is C22H16BrClN4OS. The normalized spacial score (nSPS) is 13.3. The van der Waals surface area contributed by atoms with Crippen LogP contribution in [0.5, 0.6) is 0 Å². The Morgan fingerprint density at radius 3 is 2.80 bits per heavy atom. The van der Waals surface area contributed by atoms with E-state index >= 15 is 0 Å². The van der Waals surface area contributed by atoms with Gasteiger partial charge in [0.1, 0.15) is 11.0 Å². The lowest BCUT2D eigenvalue weighted by atomic mass is 9.94. The molecule has 2 aromatic carbocycles. The summed E-state index contributed by atoms with van der Waals surface area (Å²) in [6, 6.07) is 17.6. The van der Waals surface area contributed by atoms with Crippen molar-refractivity contribution in [2.24, 2.45) is 0 Å². The maximum absolute atomic E-state index is 13.1. The van der Waals surface area contributed by atoms with Crippen LogP contribution in [0.3, 0.4) is 0 Å². The summed E-state index contributed by atoms with van der Waals surface area (Å²) in [5.41, 5.74) is 3.76. The molecule has 1 aliphatic heterocycles. The number of nitrogens with one attached hydrogen (secondary N) is 1. The van der Waals surface area contributed by atoms with Crippen molar-refractivity contribution in [1.82, 2.24) is 9.97 Å². The van der Waals surface area contributed by atoms with E-state index < -0.39 is 0 Å². The van der Waals surface area contributed by atoms with Gasteiger partial charge in [-0.2, -0.15) is 0 Å². The molecule has 0 spiro atoms. The van der Waals surface area contributed by atoms with Crippen molar-refractivity contribution < 1.29 is 4.79 Å². The number of amides is 1. The van der Waals surface area contributed by atoms with Crippen molar-refractivity contribution in [2.45, 2.75) is 13.0 Å². The summed E-state index contributed by atoms with van der Waals surface area (Å²) in [5, 5.41) is 4.01. The highest BCUT2D eigenvalue weighted by molar-refractivity contribution is 9.10. The Morgan fingerprint density at radius 2 is 1.97 bits per heavy atom. The van der Waals surface area contributed by atoms with Gasteiger partial charge >= 0.3 is 0 Å². The number of hydrogen-bond acceptors (Lipinski definition) is 5. The predicted molar refractivity (Wildman–Crippen MR) is 126 cm³/mol. The van der Waals surface area contributed by atoms with Crippen molar-refractivity contribution in [2.75, 3.05) is 16.8 Å². The molecule has 0 saturated heterocycles. The first-order valence-electron chi connectivity index (χ1n) is 9.43. The highest BCUT2D eigenvalue weighted by Gasteiger charge is 2.23. The van der Waals surface area contributed by atoms with Crippen LogP contribution in [0, 0.1) is 0 Å². The van der Waals surface area contributed by atoms with E-state index in [4.69, 9.17) is 11.6 Å². The summed E-state index contributed by atoms with van der Waals surface area (Å²) < 4.78 is 1.81. The molecule has 4 aromatic rings. The van der Waals surface area contributed by atoms with Gasteiger partial charge in [0.15, 0.2) is 5.13 Å². The molecule has 8 heteroatoms. The van der Waals surface area contributed by atoms with E-state index in [1.807, 2.05) is 48.5 Å². The smallest absolute Gasteiger partial charge is 0.257 e. The van der Waals surface area contributed by atoms with E-state index in [1.54, 1.807) is 0 Å². The minimum absolute atomic E-state index is 0.144. The lowest BCUT2D eigenvalue weighted by Gasteiger charge is -2.31. The highest BCUT2D eigenvalue weighted by atomic mass is 79.9. The van der Waals surface area contributed by atoms with Gasteiger partial charge in [-0.15, -0.1) is 0 Å². The van der Waals surface area contributed by atoms with Gasteiger partial charge in [-0.05, 0) is 63.8 Å². The molecular weight excluding hydrogens is 484 g/mol. The number of carbonyl (C=O) groups is 1. The van der Waals surface area contributed by atoms with E-state index in [0.29, 0.717) is 22.4 Å². The third-order valence-corrected chi connectivity index (χ3v) is 7.25. The monoisotopic (exact) mass is 498 g/mol. The van der Waals surface area contributed by atoms with Crippen molar-refractivity contribution in [3.05, 3.63) is 80.9 Å². The van der Waals surface area contributed by atoms with Crippen LogP contribution in [0.25, 0.3) is 10.2 Å². The molecule has 0 unspecified atom stereocenters. The van der Waals surface area contributed by atoms with E-state index in [1.165, 1.54) is 16.9 Å². The topological polar surface area (TPSA) is 58.1 Å². The highest BCUT2D eigenvalue weighted by Crippen LogP contribution is 2.30. The number of fused-ring (bicyclic) bond motifs is 2. The molecule has 0 atom stereocenters. The first-order valence-corrected chi connectivity index (χ1v) is 11.4. The Bertz CT molecular complexity index is 1240. The first kappa shape index (κ1) is 19.5. The van der Waals surface area contributed by atoms with E-state index in [2.05, 4.69) is 42.2 Å². The fraction of sp³-hybridized carbons (Fsp3) is 0.136. The number of benzene rings is 2. The SMILES string of the molecule is O=C(Nc1nc2ccccc2s1)c1cccc2c1CN(c1ccc(Br)c(Cl)n1)CC2. The number of carbonyl (C=O) groups excluding carboxylic acids is 1. The maximum atomic E-state index is 13.1. The molecule has 1 N–H and O–H groups in total. The average molecular weight is 500 g/mol. The predicted octanol–water partition coefficient (Wildman–Crippen LogP) is 5.92.